The molecule has 2 aromatic carbocycles. The van der Waals surface area contributed by atoms with Gasteiger partial charge in [0.15, 0.2) is 0 Å². The van der Waals surface area contributed by atoms with Gasteiger partial charge in [0.1, 0.15) is 5.69 Å². The lowest BCUT2D eigenvalue weighted by Gasteiger charge is -2.23. The van der Waals surface area contributed by atoms with Crippen LogP contribution in [0.15, 0.2) is 48.5 Å². The van der Waals surface area contributed by atoms with E-state index in [9.17, 15) is 14.9 Å². The fraction of sp³-hybridized carbons (Fsp3) is 0.278. The molecule has 26 heavy (non-hydrogen) atoms. The molecule has 0 unspecified atom stereocenters. The number of hydrogen-bond donors (Lipinski definition) is 3. The largest absolute Gasteiger partial charge is 0.350 e. The molecule has 138 valence electrons. The highest BCUT2D eigenvalue weighted by atomic mass is 35.5. The van der Waals surface area contributed by atoms with Crippen LogP contribution >= 0.6 is 12.4 Å². The average Bonchev–Trinajstić information content (AvgIpc) is 2.63. The second-order valence-electron chi connectivity index (χ2n) is 5.98. The normalized spacial score (nSPS) is 14.2. The molecule has 8 heteroatoms. The third-order valence-corrected chi connectivity index (χ3v) is 4.18. The number of carbonyl (C=O) groups excluding carboxylic acids is 1. The summed E-state index contributed by atoms with van der Waals surface area (Å²) < 4.78 is 0. The molecule has 1 heterocycles. The first-order valence-corrected chi connectivity index (χ1v) is 8.25. The third kappa shape index (κ3) is 4.93. The van der Waals surface area contributed by atoms with Gasteiger partial charge in [-0.05, 0) is 50.2 Å². The minimum Gasteiger partial charge on any atom is -0.350 e. The van der Waals surface area contributed by atoms with E-state index in [1.807, 2.05) is 30.3 Å². The van der Waals surface area contributed by atoms with Crippen LogP contribution < -0.4 is 16.0 Å². The molecule has 1 saturated heterocycles. The number of para-hydroxylation sites is 1. The number of nitrogens with zero attached hydrogens (tertiary/aromatic N) is 1. The number of nitro groups is 1. The molecule has 1 aliphatic rings. The number of carbonyl (C=O) groups is 1. The van der Waals surface area contributed by atoms with Crippen molar-refractivity contribution >= 4 is 35.4 Å². The number of anilines is 2. The second-order valence-corrected chi connectivity index (χ2v) is 5.98. The minimum atomic E-state index is -0.480. The lowest BCUT2D eigenvalue weighted by molar-refractivity contribution is -0.383. The fourth-order valence-electron chi connectivity index (χ4n) is 2.84. The van der Waals surface area contributed by atoms with Gasteiger partial charge in [-0.3, -0.25) is 14.9 Å². The topological polar surface area (TPSA) is 96.3 Å². The van der Waals surface area contributed by atoms with Gasteiger partial charge in [-0.25, -0.2) is 0 Å². The van der Waals surface area contributed by atoms with Gasteiger partial charge in [0.05, 0.1) is 4.92 Å². The molecule has 0 saturated carbocycles. The quantitative estimate of drug-likeness (QED) is 0.550. The summed E-state index contributed by atoms with van der Waals surface area (Å²) >= 11 is 0. The highest BCUT2D eigenvalue weighted by Crippen LogP contribution is 2.28. The molecule has 0 aliphatic carbocycles. The number of halogens is 1. The zero-order valence-corrected chi connectivity index (χ0v) is 14.9. The highest BCUT2D eigenvalue weighted by molar-refractivity contribution is 5.96. The van der Waals surface area contributed by atoms with Gasteiger partial charge in [0.25, 0.3) is 11.6 Å². The molecule has 2 aromatic rings. The summed E-state index contributed by atoms with van der Waals surface area (Å²) in [6.45, 7) is 1.73. The van der Waals surface area contributed by atoms with E-state index in [2.05, 4.69) is 16.0 Å². The molecule has 3 rings (SSSR count). The van der Waals surface area contributed by atoms with E-state index in [0.717, 1.165) is 31.6 Å². The van der Waals surface area contributed by atoms with E-state index < -0.39 is 4.92 Å². The first kappa shape index (κ1) is 19.7. The maximum absolute atomic E-state index is 12.4. The fourth-order valence-corrected chi connectivity index (χ4v) is 2.84. The molecule has 1 amide bonds. The molecule has 7 nitrogen and oxygen atoms in total. The van der Waals surface area contributed by atoms with Crippen molar-refractivity contribution in [1.82, 2.24) is 10.6 Å². The Labute approximate surface area is 157 Å². The number of hydrogen-bond acceptors (Lipinski definition) is 5. The van der Waals surface area contributed by atoms with E-state index in [-0.39, 0.29) is 30.0 Å². The van der Waals surface area contributed by atoms with Gasteiger partial charge >= 0.3 is 0 Å². The molecule has 0 bridgehead atoms. The van der Waals surface area contributed by atoms with Crippen molar-refractivity contribution in [2.45, 2.75) is 18.9 Å². The first-order valence-electron chi connectivity index (χ1n) is 8.25. The van der Waals surface area contributed by atoms with Gasteiger partial charge in [-0.1, -0.05) is 18.2 Å². The van der Waals surface area contributed by atoms with Gasteiger partial charge in [-0.2, -0.15) is 0 Å². The monoisotopic (exact) mass is 376 g/mol. The van der Waals surface area contributed by atoms with Crippen molar-refractivity contribution in [3.63, 3.8) is 0 Å². The van der Waals surface area contributed by atoms with Crippen LogP contribution in [-0.4, -0.2) is 30.0 Å². The lowest BCUT2D eigenvalue weighted by atomic mass is 10.1. The van der Waals surface area contributed by atoms with E-state index >= 15 is 0 Å². The number of rotatable bonds is 5. The van der Waals surface area contributed by atoms with Crippen molar-refractivity contribution in [3.8, 4) is 0 Å². The maximum atomic E-state index is 12.4. The van der Waals surface area contributed by atoms with Crippen LogP contribution in [-0.2, 0) is 0 Å². The maximum Gasteiger partial charge on any atom is 0.293 e. The number of nitro benzene ring substituents is 1. The smallest absolute Gasteiger partial charge is 0.293 e. The standard InChI is InChI=1S/C18H20N4O3.ClH/c23-18(21-15-8-10-19-11-9-15)13-6-7-16(17(12-13)22(24)25)20-14-4-2-1-3-5-14;/h1-7,12,15,19-20H,8-11H2,(H,21,23);1H. The highest BCUT2D eigenvalue weighted by Gasteiger charge is 2.20. The van der Waals surface area contributed by atoms with Crippen LogP contribution in [0.25, 0.3) is 0 Å². The summed E-state index contributed by atoms with van der Waals surface area (Å²) in [5, 5.41) is 20.6. The Kier molecular flexibility index (Phi) is 6.94. The summed E-state index contributed by atoms with van der Waals surface area (Å²) in [6.07, 6.45) is 1.73. The molecule has 1 fully saturated rings. The zero-order valence-electron chi connectivity index (χ0n) is 14.1. The molecular formula is C18H21ClN4O3. The van der Waals surface area contributed by atoms with Crippen LogP contribution in [0.2, 0.25) is 0 Å². The van der Waals surface area contributed by atoms with Crippen LogP contribution in [0.5, 0.6) is 0 Å². The molecule has 0 radical (unpaired) electrons. The molecule has 0 spiro atoms. The SMILES string of the molecule is Cl.O=C(NC1CCNCC1)c1ccc(Nc2ccccc2)c([N+](=O)[O-])c1. The van der Waals surface area contributed by atoms with Crippen molar-refractivity contribution in [2.24, 2.45) is 0 Å². The first-order chi connectivity index (χ1) is 12.1. The van der Waals surface area contributed by atoms with Crippen LogP contribution in [0, 0.1) is 10.1 Å². The van der Waals surface area contributed by atoms with E-state index in [4.69, 9.17) is 0 Å². The Morgan fingerprint density at radius 2 is 1.81 bits per heavy atom. The van der Waals surface area contributed by atoms with Gasteiger partial charge < -0.3 is 16.0 Å². The summed E-state index contributed by atoms with van der Waals surface area (Å²) in [6, 6.07) is 13.8. The Hall–Kier alpha value is -2.64. The van der Waals surface area contributed by atoms with Gasteiger partial charge in [0, 0.05) is 23.4 Å². The molecule has 3 N–H and O–H groups in total. The Morgan fingerprint density at radius 1 is 1.12 bits per heavy atom. The van der Waals surface area contributed by atoms with E-state index in [1.54, 1.807) is 12.1 Å². The van der Waals surface area contributed by atoms with E-state index in [1.165, 1.54) is 6.07 Å². The number of nitrogens with one attached hydrogen (secondary N) is 3. The third-order valence-electron chi connectivity index (χ3n) is 4.18. The van der Waals surface area contributed by atoms with Crippen LogP contribution in [0.4, 0.5) is 17.1 Å². The number of piperidine rings is 1. The summed E-state index contributed by atoms with van der Waals surface area (Å²) in [5.41, 5.74) is 1.28. The predicted molar refractivity (Wildman–Crippen MR) is 103 cm³/mol. The number of amides is 1. The predicted octanol–water partition coefficient (Wildman–Crippen LogP) is 3.24. The Morgan fingerprint density at radius 3 is 2.46 bits per heavy atom. The lowest BCUT2D eigenvalue weighted by Crippen LogP contribution is -2.42. The van der Waals surface area contributed by atoms with Crippen LogP contribution in [0.1, 0.15) is 23.2 Å². The van der Waals surface area contributed by atoms with Crippen LogP contribution in [0.3, 0.4) is 0 Å². The minimum absolute atomic E-state index is 0. The molecule has 1 aliphatic heterocycles. The molecule has 0 aromatic heterocycles. The molecular weight excluding hydrogens is 356 g/mol. The Bertz CT molecular complexity index is 764. The second kappa shape index (κ2) is 9.17. The van der Waals surface area contributed by atoms with Crippen molar-refractivity contribution in [1.29, 1.82) is 0 Å². The van der Waals surface area contributed by atoms with Gasteiger partial charge in [0.2, 0.25) is 0 Å². The number of benzene rings is 2. The zero-order chi connectivity index (χ0) is 17.6. The molecule has 0 atom stereocenters. The van der Waals surface area contributed by atoms with Crippen molar-refractivity contribution < 1.29 is 9.72 Å². The van der Waals surface area contributed by atoms with Crippen molar-refractivity contribution in [3.05, 3.63) is 64.2 Å². The van der Waals surface area contributed by atoms with Gasteiger partial charge in [-0.15, -0.1) is 12.4 Å². The summed E-state index contributed by atoms with van der Waals surface area (Å²) in [5.74, 6) is -0.277. The average molecular weight is 377 g/mol. The summed E-state index contributed by atoms with van der Waals surface area (Å²) in [7, 11) is 0. The van der Waals surface area contributed by atoms with Crippen molar-refractivity contribution in [2.75, 3.05) is 18.4 Å². The van der Waals surface area contributed by atoms with E-state index in [0.29, 0.717) is 11.3 Å². The summed E-state index contributed by atoms with van der Waals surface area (Å²) in [4.78, 5) is 23.3. The Balaban J connectivity index is 0.00000243.